The van der Waals surface area contributed by atoms with Gasteiger partial charge in [0, 0.05) is 25.9 Å². The molecule has 0 spiro atoms. The number of carbonyl (C=O) groups is 1. The average molecular weight is 371 g/mol. The first-order chi connectivity index (χ1) is 12.7. The van der Waals surface area contributed by atoms with Gasteiger partial charge < -0.3 is 9.64 Å². The van der Waals surface area contributed by atoms with Crippen molar-refractivity contribution in [3.8, 4) is 5.88 Å². The second kappa shape index (κ2) is 7.20. The van der Waals surface area contributed by atoms with Gasteiger partial charge in [0.1, 0.15) is 12.3 Å². The van der Waals surface area contributed by atoms with E-state index < -0.39 is 0 Å². The minimum Gasteiger partial charge on any atom is -0.471 e. The van der Waals surface area contributed by atoms with Crippen molar-refractivity contribution in [3.63, 3.8) is 0 Å². The van der Waals surface area contributed by atoms with Crippen molar-refractivity contribution >= 4 is 28.5 Å². The van der Waals surface area contributed by atoms with Gasteiger partial charge in [-0.25, -0.2) is 4.98 Å². The Kier molecular flexibility index (Phi) is 4.61. The number of aromatic nitrogens is 4. The molecule has 0 aliphatic carbocycles. The number of fused-ring (bicyclic) bond motifs is 1. The van der Waals surface area contributed by atoms with Crippen molar-refractivity contribution in [3.05, 3.63) is 47.1 Å². The van der Waals surface area contributed by atoms with E-state index in [1.807, 2.05) is 12.1 Å². The first-order valence-corrected chi connectivity index (χ1v) is 9.10. The Hall–Kier alpha value is -2.81. The fourth-order valence-electron chi connectivity index (χ4n) is 3.07. The predicted molar refractivity (Wildman–Crippen MR) is 96.1 cm³/mol. The van der Waals surface area contributed by atoms with E-state index in [9.17, 15) is 9.59 Å². The monoisotopic (exact) mass is 371 g/mol. The third-order valence-corrected chi connectivity index (χ3v) is 4.89. The van der Waals surface area contributed by atoms with E-state index in [2.05, 4.69) is 13.7 Å². The zero-order chi connectivity index (χ0) is 17.9. The Morgan fingerprint density at radius 3 is 3.08 bits per heavy atom. The van der Waals surface area contributed by atoms with Crippen molar-refractivity contribution < 1.29 is 9.53 Å². The van der Waals surface area contributed by atoms with Crippen LogP contribution in [0.1, 0.15) is 12.8 Å². The fraction of sp³-hybridized carbons (Fsp3) is 0.353. The number of likely N-dealkylation sites (tertiary alicyclic amines) is 1. The van der Waals surface area contributed by atoms with Crippen molar-refractivity contribution in [1.29, 1.82) is 0 Å². The SMILES string of the molecule is O=C(CCn1cnc2ccccc2c1=O)N1CCC(Oc2cnsn2)C1. The molecule has 26 heavy (non-hydrogen) atoms. The lowest BCUT2D eigenvalue weighted by molar-refractivity contribution is -0.130. The molecule has 134 valence electrons. The zero-order valence-electron chi connectivity index (χ0n) is 13.9. The highest BCUT2D eigenvalue weighted by Gasteiger charge is 2.27. The second-order valence-electron chi connectivity index (χ2n) is 6.12. The molecule has 3 aromatic rings. The second-order valence-corrected chi connectivity index (χ2v) is 6.68. The smallest absolute Gasteiger partial charge is 0.261 e. The number of nitrogens with zero attached hydrogens (tertiary/aromatic N) is 5. The van der Waals surface area contributed by atoms with Crippen LogP contribution in [0, 0.1) is 0 Å². The minimum absolute atomic E-state index is 0.00700. The van der Waals surface area contributed by atoms with Gasteiger partial charge in [-0.2, -0.15) is 4.37 Å². The number of ether oxygens (including phenoxy) is 1. The lowest BCUT2D eigenvalue weighted by Crippen LogP contribution is -2.32. The summed E-state index contributed by atoms with van der Waals surface area (Å²) in [6.45, 7) is 1.49. The highest BCUT2D eigenvalue weighted by atomic mass is 32.1. The van der Waals surface area contributed by atoms with Crippen molar-refractivity contribution in [2.45, 2.75) is 25.5 Å². The van der Waals surface area contributed by atoms with Crippen LogP contribution in [0.15, 0.2) is 41.6 Å². The highest BCUT2D eigenvalue weighted by molar-refractivity contribution is 6.99. The summed E-state index contributed by atoms with van der Waals surface area (Å²) >= 11 is 1.09. The van der Waals surface area contributed by atoms with Crippen LogP contribution >= 0.6 is 11.7 Å². The maximum absolute atomic E-state index is 12.5. The Morgan fingerprint density at radius 1 is 1.35 bits per heavy atom. The lowest BCUT2D eigenvalue weighted by Gasteiger charge is -2.17. The Labute approximate surface area is 153 Å². The number of benzene rings is 1. The van der Waals surface area contributed by atoms with E-state index in [-0.39, 0.29) is 24.0 Å². The van der Waals surface area contributed by atoms with Gasteiger partial charge in [-0.1, -0.05) is 12.1 Å². The van der Waals surface area contributed by atoms with Gasteiger partial charge >= 0.3 is 0 Å². The first-order valence-electron chi connectivity index (χ1n) is 8.37. The summed E-state index contributed by atoms with van der Waals surface area (Å²) in [4.78, 5) is 31.0. The molecule has 1 unspecified atom stereocenters. The number of carbonyl (C=O) groups excluding carboxylic acids is 1. The number of amides is 1. The number of hydrogen-bond acceptors (Lipinski definition) is 7. The molecule has 1 aromatic carbocycles. The Morgan fingerprint density at radius 2 is 2.23 bits per heavy atom. The van der Waals surface area contributed by atoms with Gasteiger partial charge in [0.25, 0.3) is 5.56 Å². The van der Waals surface area contributed by atoms with Crippen molar-refractivity contribution in [2.75, 3.05) is 13.1 Å². The summed E-state index contributed by atoms with van der Waals surface area (Å²) in [7, 11) is 0. The molecular formula is C17H17N5O3S. The topological polar surface area (TPSA) is 90.2 Å². The largest absolute Gasteiger partial charge is 0.471 e. The number of rotatable bonds is 5. The normalized spacial score (nSPS) is 16.9. The predicted octanol–water partition coefficient (Wildman–Crippen LogP) is 1.32. The third-order valence-electron chi connectivity index (χ3n) is 4.42. The molecule has 0 saturated carbocycles. The molecule has 1 aliphatic rings. The van der Waals surface area contributed by atoms with Crippen LogP contribution in [-0.2, 0) is 11.3 Å². The standard InChI is InChI=1S/C17H17N5O3S/c23-16(21-7-5-12(10-21)25-15-9-19-26-20-15)6-8-22-11-18-14-4-2-1-3-13(14)17(22)24/h1-4,9,11-12H,5-8,10H2. The lowest BCUT2D eigenvalue weighted by atomic mass is 10.2. The van der Waals surface area contributed by atoms with Gasteiger partial charge in [-0.3, -0.25) is 14.2 Å². The van der Waals surface area contributed by atoms with E-state index in [1.54, 1.807) is 23.2 Å². The van der Waals surface area contributed by atoms with Gasteiger partial charge in [-0.15, -0.1) is 4.37 Å². The van der Waals surface area contributed by atoms with E-state index in [1.165, 1.54) is 10.9 Å². The molecule has 8 nitrogen and oxygen atoms in total. The molecule has 3 heterocycles. The van der Waals surface area contributed by atoms with Crippen LogP contribution < -0.4 is 10.3 Å². The molecule has 1 fully saturated rings. The molecule has 1 aliphatic heterocycles. The molecule has 0 radical (unpaired) electrons. The van der Waals surface area contributed by atoms with Gasteiger partial charge in [-0.05, 0) is 12.1 Å². The van der Waals surface area contributed by atoms with Crippen molar-refractivity contribution in [1.82, 2.24) is 23.2 Å². The van der Waals surface area contributed by atoms with Crippen molar-refractivity contribution in [2.24, 2.45) is 0 Å². The van der Waals surface area contributed by atoms with Crippen LogP contribution in [0.3, 0.4) is 0 Å². The maximum atomic E-state index is 12.5. The molecular weight excluding hydrogens is 354 g/mol. The summed E-state index contributed by atoms with van der Waals surface area (Å²) < 4.78 is 15.1. The van der Waals surface area contributed by atoms with Crippen LogP contribution in [0.25, 0.3) is 10.9 Å². The summed E-state index contributed by atoms with van der Waals surface area (Å²) in [6, 6.07) is 7.20. The molecule has 0 N–H and O–H groups in total. The summed E-state index contributed by atoms with van der Waals surface area (Å²) in [5.74, 6) is 0.510. The summed E-state index contributed by atoms with van der Waals surface area (Å²) in [5.41, 5.74) is 0.540. The fourth-order valence-corrected chi connectivity index (χ4v) is 3.42. The van der Waals surface area contributed by atoms with Crippen LogP contribution in [0.2, 0.25) is 0 Å². The van der Waals surface area contributed by atoms with Crippen LogP contribution in [0.4, 0.5) is 0 Å². The van der Waals surface area contributed by atoms with Crippen LogP contribution in [-0.4, -0.2) is 48.3 Å². The van der Waals surface area contributed by atoms with E-state index in [4.69, 9.17) is 4.74 Å². The Balaban J connectivity index is 1.36. The van der Waals surface area contributed by atoms with Gasteiger partial charge in [0.15, 0.2) is 0 Å². The van der Waals surface area contributed by atoms with Gasteiger partial charge in [0.05, 0.1) is 35.5 Å². The molecule has 4 rings (SSSR count). The molecule has 1 saturated heterocycles. The summed E-state index contributed by atoms with van der Waals surface area (Å²) in [5, 5.41) is 0.564. The quantitative estimate of drug-likeness (QED) is 0.672. The number of aryl methyl sites for hydroxylation is 1. The minimum atomic E-state index is -0.123. The highest BCUT2D eigenvalue weighted by Crippen LogP contribution is 2.17. The third kappa shape index (κ3) is 3.43. The Bertz CT molecular complexity index is 972. The average Bonchev–Trinajstić information content (AvgIpc) is 3.34. The van der Waals surface area contributed by atoms with Crippen LogP contribution in [0.5, 0.6) is 5.88 Å². The molecule has 1 atom stereocenters. The first kappa shape index (κ1) is 16.6. The van der Waals surface area contributed by atoms with E-state index >= 15 is 0 Å². The zero-order valence-corrected chi connectivity index (χ0v) is 14.8. The number of hydrogen-bond donors (Lipinski definition) is 0. The summed E-state index contributed by atoms with van der Waals surface area (Å²) in [6.07, 6.45) is 4.04. The molecule has 1 amide bonds. The molecule has 2 aromatic heterocycles. The van der Waals surface area contributed by atoms with Gasteiger partial charge in [0.2, 0.25) is 11.8 Å². The van der Waals surface area contributed by atoms with E-state index in [0.717, 1.165) is 18.1 Å². The molecule has 9 heteroatoms. The molecule has 0 bridgehead atoms. The number of para-hydroxylation sites is 1. The van der Waals surface area contributed by atoms with E-state index in [0.29, 0.717) is 36.4 Å². The maximum Gasteiger partial charge on any atom is 0.261 e.